The van der Waals surface area contributed by atoms with Gasteiger partial charge in [-0.3, -0.25) is 0 Å². The number of benzene rings is 1. The van der Waals surface area contributed by atoms with Crippen molar-refractivity contribution in [2.24, 2.45) is 0 Å². The fourth-order valence-corrected chi connectivity index (χ4v) is 4.38. The van der Waals surface area contributed by atoms with E-state index in [2.05, 4.69) is 76.0 Å². The average Bonchev–Trinajstić information content (AvgIpc) is 2.57. The van der Waals surface area contributed by atoms with Gasteiger partial charge in [-0.1, -0.05) is 45.8 Å². The minimum absolute atomic E-state index is 0.287. The van der Waals surface area contributed by atoms with E-state index in [9.17, 15) is 0 Å². The van der Waals surface area contributed by atoms with E-state index in [0.29, 0.717) is 0 Å². The fraction of sp³-hybridized carbons (Fsp3) is 0.231. The summed E-state index contributed by atoms with van der Waals surface area (Å²) in [4.78, 5) is 1.64. The standard InChI is InChI=1S/C13H12Br2S/c1-8-4-3-5-10(6-8)13(15)11-7-12(14)16-9(11)2/h3-7,13H,1-2H3. The number of rotatable bonds is 2. The SMILES string of the molecule is Cc1cccc(C(Br)c2cc(Br)sc2C)c1. The van der Waals surface area contributed by atoms with Crippen LogP contribution in [0.15, 0.2) is 34.1 Å². The van der Waals surface area contributed by atoms with Gasteiger partial charge < -0.3 is 0 Å². The topological polar surface area (TPSA) is 0 Å². The van der Waals surface area contributed by atoms with Crippen LogP contribution in [0.4, 0.5) is 0 Å². The Morgan fingerprint density at radius 1 is 1.19 bits per heavy atom. The van der Waals surface area contributed by atoms with Crippen LogP contribution in [0.2, 0.25) is 0 Å². The van der Waals surface area contributed by atoms with Gasteiger partial charge in [0.25, 0.3) is 0 Å². The molecule has 1 aromatic carbocycles. The number of alkyl halides is 1. The van der Waals surface area contributed by atoms with Crippen molar-refractivity contribution < 1.29 is 0 Å². The first kappa shape index (κ1) is 12.3. The van der Waals surface area contributed by atoms with Gasteiger partial charge in [-0.05, 0) is 47.0 Å². The third kappa shape index (κ3) is 2.58. The predicted molar refractivity (Wildman–Crippen MR) is 78.7 cm³/mol. The van der Waals surface area contributed by atoms with Crippen LogP contribution < -0.4 is 0 Å². The predicted octanol–water partition coefficient (Wildman–Crippen LogP) is 5.61. The van der Waals surface area contributed by atoms with Gasteiger partial charge in [0.05, 0.1) is 8.61 Å². The van der Waals surface area contributed by atoms with E-state index in [4.69, 9.17) is 0 Å². The van der Waals surface area contributed by atoms with Crippen molar-refractivity contribution in [3.63, 3.8) is 0 Å². The largest absolute Gasteiger partial charge is 0.133 e. The highest BCUT2D eigenvalue weighted by atomic mass is 79.9. The highest BCUT2D eigenvalue weighted by molar-refractivity contribution is 9.11. The van der Waals surface area contributed by atoms with Crippen molar-refractivity contribution in [2.75, 3.05) is 0 Å². The molecule has 0 spiro atoms. The van der Waals surface area contributed by atoms with Crippen LogP contribution >= 0.6 is 43.2 Å². The molecule has 0 aliphatic rings. The molecule has 0 aliphatic heterocycles. The molecule has 0 saturated heterocycles. The summed E-state index contributed by atoms with van der Waals surface area (Å²) in [6.45, 7) is 4.29. The zero-order chi connectivity index (χ0) is 11.7. The van der Waals surface area contributed by atoms with Crippen molar-refractivity contribution in [2.45, 2.75) is 18.7 Å². The van der Waals surface area contributed by atoms with Crippen LogP contribution in [-0.4, -0.2) is 0 Å². The summed E-state index contributed by atoms with van der Waals surface area (Å²) in [6, 6.07) is 10.8. The lowest BCUT2D eigenvalue weighted by Crippen LogP contribution is -1.92. The molecule has 0 bridgehead atoms. The van der Waals surface area contributed by atoms with Gasteiger partial charge in [-0.25, -0.2) is 0 Å². The van der Waals surface area contributed by atoms with Gasteiger partial charge in [-0.15, -0.1) is 11.3 Å². The number of hydrogen-bond donors (Lipinski definition) is 0. The first-order valence-corrected chi connectivity index (χ1v) is 7.57. The Morgan fingerprint density at radius 2 is 1.94 bits per heavy atom. The van der Waals surface area contributed by atoms with Gasteiger partial charge in [0.2, 0.25) is 0 Å². The Balaban J connectivity index is 2.38. The van der Waals surface area contributed by atoms with Crippen molar-refractivity contribution in [1.29, 1.82) is 0 Å². The van der Waals surface area contributed by atoms with Gasteiger partial charge in [0.15, 0.2) is 0 Å². The molecular formula is C13H12Br2S. The second-order valence-electron chi connectivity index (χ2n) is 3.84. The Labute approximate surface area is 117 Å². The van der Waals surface area contributed by atoms with E-state index in [1.54, 1.807) is 11.3 Å². The summed E-state index contributed by atoms with van der Waals surface area (Å²) >= 11 is 9.10. The van der Waals surface area contributed by atoms with E-state index in [1.807, 2.05) is 0 Å². The lowest BCUT2D eigenvalue weighted by atomic mass is 10.0. The highest BCUT2D eigenvalue weighted by Crippen LogP contribution is 2.38. The minimum atomic E-state index is 0.287. The van der Waals surface area contributed by atoms with E-state index in [-0.39, 0.29) is 4.83 Å². The third-order valence-electron chi connectivity index (χ3n) is 2.53. The van der Waals surface area contributed by atoms with Crippen LogP contribution in [0.25, 0.3) is 0 Å². The Morgan fingerprint density at radius 3 is 2.50 bits per heavy atom. The maximum absolute atomic E-state index is 3.78. The first-order chi connectivity index (χ1) is 7.58. The van der Waals surface area contributed by atoms with Gasteiger partial charge in [0, 0.05) is 4.88 Å². The number of hydrogen-bond acceptors (Lipinski definition) is 1. The van der Waals surface area contributed by atoms with Crippen molar-refractivity contribution >= 4 is 43.2 Å². The Hall–Kier alpha value is -0.120. The van der Waals surface area contributed by atoms with Crippen molar-refractivity contribution in [3.8, 4) is 0 Å². The van der Waals surface area contributed by atoms with E-state index in [0.717, 1.165) is 0 Å². The van der Waals surface area contributed by atoms with Gasteiger partial charge in [-0.2, -0.15) is 0 Å². The summed E-state index contributed by atoms with van der Waals surface area (Å²) in [5.41, 5.74) is 3.96. The summed E-state index contributed by atoms with van der Waals surface area (Å²) in [7, 11) is 0. The molecule has 1 aromatic heterocycles. The molecule has 1 atom stereocenters. The van der Waals surface area contributed by atoms with E-state index >= 15 is 0 Å². The monoisotopic (exact) mass is 358 g/mol. The maximum atomic E-state index is 3.78. The zero-order valence-electron chi connectivity index (χ0n) is 9.13. The number of aryl methyl sites for hydroxylation is 2. The van der Waals surface area contributed by atoms with E-state index < -0.39 is 0 Å². The summed E-state index contributed by atoms with van der Waals surface area (Å²) < 4.78 is 1.19. The molecule has 1 unspecified atom stereocenters. The maximum Gasteiger partial charge on any atom is 0.0704 e. The molecule has 0 saturated carbocycles. The molecule has 16 heavy (non-hydrogen) atoms. The smallest absolute Gasteiger partial charge is 0.0704 e. The lowest BCUT2D eigenvalue weighted by Gasteiger charge is -2.10. The van der Waals surface area contributed by atoms with Crippen LogP contribution in [-0.2, 0) is 0 Å². The molecule has 0 amide bonds. The van der Waals surface area contributed by atoms with Crippen molar-refractivity contribution in [1.82, 2.24) is 0 Å². The third-order valence-corrected chi connectivity index (χ3v) is 5.13. The average molecular weight is 360 g/mol. The molecule has 0 aliphatic carbocycles. The van der Waals surface area contributed by atoms with Crippen LogP contribution in [0.1, 0.15) is 26.4 Å². The fourth-order valence-electron chi connectivity index (χ4n) is 1.72. The van der Waals surface area contributed by atoms with E-state index in [1.165, 1.54) is 25.4 Å². The second-order valence-corrected chi connectivity index (χ2v) is 7.39. The molecule has 0 fully saturated rings. The number of thiophene rings is 1. The Kier molecular flexibility index (Phi) is 3.88. The second kappa shape index (κ2) is 5.03. The van der Waals surface area contributed by atoms with Crippen LogP contribution in [0, 0.1) is 13.8 Å². The molecule has 0 radical (unpaired) electrons. The highest BCUT2D eigenvalue weighted by Gasteiger charge is 2.15. The quantitative estimate of drug-likeness (QED) is 0.611. The molecule has 3 heteroatoms. The van der Waals surface area contributed by atoms with Crippen LogP contribution in [0.5, 0.6) is 0 Å². The van der Waals surface area contributed by atoms with Crippen molar-refractivity contribution in [3.05, 3.63) is 55.7 Å². The summed E-state index contributed by atoms with van der Waals surface area (Å²) in [5.74, 6) is 0. The number of halogens is 2. The molecule has 0 nitrogen and oxygen atoms in total. The molecule has 84 valence electrons. The molecule has 0 N–H and O–H groups in total. The molecule has 2 rings (SSSR count). The van der Waals surface area contributed by atoms with Gasteiger partial charge >= 0.3 is 0 Å². The Bertz CT molecular complexity index is 502. The molecule has 2 aromatic rings. The molecule has 1 heterocycles. The zero-order valence-corrected chi connectivity index (χ0v) is 13.1. The molecular weight excluding hydrogens is 348 g/mol. The van der Waals surface area contributed by atoms with Crippen LogP contribution in [0.3, 0.4) is 0 Å². The normalized spacial score (nSPS) is 12.8. The van der Waals surface area contributed by atoms with Gasteiger partial charge in [0.1, 0.15) is 0 Å². The first-order valence-electron chi connectivity index (χ1n) is 5.04. The minimum Gasteiger partial charge on any atom is -0.133 e. The summed E-state index contributed by atoms with van der Waals surface area (Å²) in [5, 5.41) is 0. The lowest BCUT2D eigenvalue weighted by molar-refractivity contribution is 1.16. The summed E-state index contributed by atoms with van der Waals surface area (Å²) in [6.07, 6.45) is 0.